The lowest BCUT2D eigenvalue weighted by Crippen LogP contribution is -2.38. The average Bonchev–Trinajstić information content (AvgIpc) is 2.69. The standard InChI is InChI=1S/C15H21FN2O/c1-18(13-6-4-9-17-10-8-13)15(19)11-12-5-2-3-7-14(12)16/h2-3,5,7,13,17H,4,6,8-11H2,1H3/t13-/m0/s1. The first kappa shape index (κ1) is 14.0. The van der Waals surface area contributed by atoms with E-state index in [9.17, 15) is 9.18 Å². The number of carbonyl (C=O) groups is 1. The Morgan fingerprint density at radius 3 is 2.95 bits per heavy atom. The van der Waals surface area contributed by atoms with Crippen LogP contribution in [0.3, 0.4) is 0 Å². The van der Waals surface area contributed by atoms with Crippen LogP contribution in [0.4, 0.5) is 4.39 Å². The Labute approximate surface area is 113 Å². The van der Waals surface area contributed by atoms with Crippen molar-refractivity contribution in [2.75, 3.05) is 20.1 Å². The van der Waals surface area contributed by atoms with Crippen molar-refractivity contribution in [1.82, 2.24) is 10.2 Å². The molecule has 1 aromatic carbocycles. The molecule has 1 aliphatic heterocycles. The molecule has 1 amide bonds. The van der Waals surface area contributed by atoms with Crippen molar-refractivity contribution in [2.24, 2.45) is 0 Å². The highest BCUT2D eigenvalue weighted by Gasteiger charge is 2.21. The summed E-state index contributed by atoms with van der Waals surface area (Å²) in [7, 11) is 1.83. The van der Waals surface area contributed by atoms with Gasteiger partial charge in [0, 0.05) is 13.1 Å². The monoisotopic (exact) mass is 264 g/mol. The number of likely N-dealkylation sites (N-methyl/N-ethyl adjacent to an activating group) is 1. The van der Waals surface area contributed by atoms with Gasteiger partial charge in [-0.25, -0.2) is 4.39 Å². The Hall–Kier alpha value is -1.42. The highest BCUT2D eigenvalue weighted by Crippen LogP contribution is 2.14. The second kappa shape index (κ2) is 6.66. The Morgan fingerprint density at radius 2 is 2.16 bits per heavy atom. The third kappa shape index (κ3) is 3.77. The molecule has 1 atom stereocenters. The Morgan fingerprint density at radius 1 is 1.37 bits per heavy atom. The van der Waals surface area contributed by atoms with Gasteiger partial charge in [-0.1, -0.05) is 18.2 Å². The molecule has 1 aromatic rings. The van der Waals surface area contributed by atoms with Crippen LogP contribution in [0.15, 0.2) is 24.3 Å². The fourth-order valence-electron chi connectivity index (χ4n) is 2.52. The van der Waals surface area contributed by atoms with Gasteiger partial charge in [0.05, 0.1) is 6.42 Å². The predicted molar refractivity (Wildman–Crippen MR) is 73.4 cm³/mol. The third-order valence-electron chi connectivity index (χ3n) is 3.79. The molecule has 1 fully saturated rings. The zero-order chi connectivity index (χ0) is 13.7. The van der Waals surface area contributed by atoms with E-state index in [1.807, 2.05) is 7.05 Å². The number of hydrogen-bond donors (Lipinski definition) is 1. The lowest BCUT2D eigenvalue weighted by Gasteiger charge is -2.27. The van der Waals surface area contributed by atoms with E-state index < -0.39 is 0 Å². The van der Waals surface area contributed by atoms with E-state index in [-0.39, 0.29) is 24.2 Å². The maximum Gasteiger partial charge on any atom is 0.227 e. The van der Waals surface area contributed by atoms with Crippen LogP contribution >= 0.6 is 0 Å². The Kier molecular flexibility index (Phi) is 4.91. The van der Waals surface area contributed by atoms with Crippen molar-refractivity contribution in [3.05, 3.63) is 35.6 Å². The highest BCUT2D eigenvalue weighted by atomic mass is 19.1. The molecule has 0 aliphatic carbocycles. The summed E-state index contributed by atoms with van der Waals surface area (Å²) in [5.41, 5.74) is 0.478. The molecule has 1 heterocycles. The van der Waals surface area contributed by atoms with Crippen LogP contribution in [-0.2, 0) is 11.2 Å². The number of benzene rings is 1. The third-order valence-corrected chi connectivity index (χ3v) is 3.79. The van der Waals surface area contributed by atoms with Crippen molar-refractivity contribution in [3.8, 4) is 0 Å². The first-order chi connectivity index (χ1) is 9.18. The van der Waals surface area contributed by atoms with Gasteiger partial charge in [-0.2, -0.15) is 0 Å². The van der Waals surface area contributed by atoms with E-state index in [0.29, 0.717) is 5.56 Å². The van der Waals surface area contributed by atoms with Crippen LogP contribution < -0.4 is 5.32 Å². The van der Waals surface area contributed by atoms with Crippen LogP contribution in [0.25, 0.3) is 0 Å². The molecule has 104 valence electrons. The molecule has 3 nitrogen and oxygen atoms in total. The van der Waals surface area contributed by atoms with Gasteiger partial charge in [0.25, 0.3) is 0 Å². The molecule has 1 saturated heterocycles. The number of carbonyl (C=O) groups excluding carboxylic acids is 1. The lowest BCUT2D eigenvalue weighted by atomic mass is 10.1. The fraction of sp³-hybridized carbons (Fsp3) is 0.533. The SMILES string of the molecule is CN(C(=O)Cc1ccccc1F)[C@H]1CCCNCC1. The molecule has 0 radical (unpaired) electrons. The molecule has 0 bridgehead atoms. The molecule has 19 heavy (non-hydrogen) atoms. The second-order valence-corrected chi connectivity index (χ2v) is 5.11. The molecule has 1 aliphatic rings. The minimum atomic E-state index is -0.299. The van der Waals surface area contributed by atoms with Gasteiger partial charge >= 0.3 is 0 Å². The Bertz CT molecular complexity index is 428. The van der Waals surface area contributed by atoms with Crippen LogP contribution in [0.1, 0.15) is 24.8 Å². The summed E-state index contributed by atoms with van der Waals surface area (Å²) >= 11 is 0. The zero-order valence-electron chi connectivity index (χ0n) is 11.4. The van der Waals surface area contributed by atoms with E-state index in [1.54, 1.807) is 23.1 Å². The molecule has 4 heteroatoms. The summed E-state index contributed by atoms with van der Waals surface area (Å²) in [6, 6.07) is 6.76. The quantitative estimate of drug-likeness (QED) is 0.905. The summed E-state index contributed by atoms with van der Waals surface area (Å²) in [5.74, 6) is -0.302. The van der Waals surface area contributed by atoms with Crippen molar-refractivity contribution < 1.29 is 9.18 Å². The molecular weight excluding hydrogens is 243 g/mol. The number of nitrogens with zero attached hydrogens (tertiary/aromatic N) is 1. The van der Waals surface area contributed by atoms with Crippen molar-refractivity contribution in [1.29, 1.82) is 0 Å². The van der Waals surface area contributed by atoms with Gasteiger partial charge in [-0.05, 0) is 44.0 Å². The molecule has 0 saturated carbocycles. The van der Waals surface area contributed by atoms with Crippen LogP contribution in [-0.4, -0.2) is 37.0 Å². The molecule has 0 spiro atoms. The zero-order valence-corrected chi connectivity index (χ0v) is 11.4. The van der Waals surface area contributed by atoms with Gasteiger partial charge < -0.3 is 10.2 Å². The van der Waals surface area contributed by atoms with Gasteiger partial charge in [0.15, 0.2) is 0 Å². The van der Waals surface area contributed by atoms with E-state index in [1.165, 1.54) is 6.07 Å². The van der Waals surface area contributed by atoms with Gasteiger partial charge in [-0.15, -0.1) is 0 Å². The summed E-state index contributed by atoms with van der Waals surface area (Å²) in [6.07, 6.45) is 3.22. The smallest absolute Gasteiger partial charge is 0.227 e. The molecule has 0 aromatic heterocycles. The summed E-state index contributed by atoms with van der Waals surface area (Å²) in [6.45, 7) is 1.97. The van der Waals surface area contributed by atoms with Crippen LogP contribution in [0, 0.1) is 5.82 Å². The summed E-state index contributed by atoms with van der Waals surface area (Å²) in [4.78, 5) is 14.0. The number of rotatable bonds is 3. The first-order valence-electron chi connectivity index (χ1n) is 6.88. The van der Waals surface area contributed by atoms with E-state index >= 15 is 0 Å². The van der Waals surface area contributed by atoms with Crippen molar-refractivity contribution in [3.63, 3.8) is 0 Å². The number of hydrogen-bond acceptors (Lipinski definition) is 2. The summed E-state index contributed by atoms with van der Waals surface area (Å²) < 4.78 is 13.5. The van der Waals surface area contributed by atoms with E-state index in [0.717, 1.165) is 32.4 Å². The number of nitrogens with one attached hydrogen (secondary N) is 1. The molecule has 1 N–H and O–H groups in total. The average molecular weight is 264 g/mol. The largest absolute Gasteiger partial charge is 0.342 e. The Balaban J connectivity index is 1.97. The second-order valence-electron chi connectivity index (χ2n) is 5.11. The molecule has 2 rings (SSSR count). The van der Waals surface area contributed by atoms with E-state index in [2.05, 4.69) is 5.32 Å². The first-order valence-corrected chi connectivity index (χ1v) is 6.88. The van der Waals surface area contributed by atoms with Crippen molar-refractivity contribution >= 4 is 5.91 Å². The molecule has 0 unspecified atom stereocenters. The fourth-order valence-corrected chi connectivity index (χ4v) is 2.52. The minimum absolute atomic E-state index is 0.00278. The lowest BCUT2D eigenvalue weighted by molar-refractivity contribution is -0.131. The van der Waals surface area contributed by atoms with E-state index in [4.69, 9.17) is 0 Å². The van der Waals surface area contributed by atoms with Gasteiger partial charge in [0.2, 0.25) is 5.91 Å². The predicted octanol–water partition coefficient (Wildman–Crippen LogP) is 1.97. The van der Waals surface area contributed by atoms with Crippen LogP contribution in [0.2, 0.25) is 0 Å². The van der Waals surface area contributed by atoms with Gasteiger partial charge in [-0.3, -0.25) is 4.79 Å². The molecular formula is C15H21FN2O. The number of halogens is 1. The van der Waals surface area contributed by atoms with Crippen molar-refractivity contribution in [2.45, 2.75) is 31.7 Å². The maximum atomic E-state index is 13.5. The highest BCUT2D eigenvalue weighted by molar-refractivity contribution is 5.78. The number of amides is 1. The van der Waals surface area contributed by atoms with Crippen LogP contribution in [0.5, 0.6) is 0 Å². The topological polar surface area (TPSA) is 32.3 Å². The minimum Gasteiger partial charge on any atom is -0.342 e. The summed E-state index contributed by atoms with van der Waals surface area (Å²) in [5, 5.41) is 3.33. The normalized spacial score (nSPS) is 19.8. The van der Waals surface area contributed by atoms with Gasteiger partial charge in [0.1, 0.15) is 5.82 Å². The maximum absolute atomic E-state index is 13.5.